The predicted octanol–water partition coefficient (Wildman–Crippen LogP) is 15.8. The number of ketones is 1. The van der Waals surface area contributed by atoms with E-state index < -0.39 is 64.9 Å². The summed E-state index contributed by atoms with van der Waals surface area (Å²) in [6.07, 6.45) is 4.29. The van der Waals surface area contributed by atoms with E-state index in [9.17, 15) is 75.3 Å². The van der Waals surface area contributed by atoms with Crippen molar-refractivity contribution in [2.24, 2.45) is 35.0 Å². The molecule has 0 saturated carbocycles. The van der Waals surface area contributed by atoms with Gasteiger partial charge < -0.3 is 60.0 Å². The number of carbonyl (C=O) groups excluding carboxylic acids is 8. The number of hydrogen-bond acceptors (Lipinski definition) is 19. The molecule has 4 amide bonds. The van der Waals surface area contributed by atoms with E-state index in [2.05, 4.69) is 30.4 Å². The van der Waals surface area contributed by atoms with E-state index >= 15 is 0 Å². The second kappa shape index (κ2) is 59.6. The molecule has 7 atom stereocenters. The van der Waals surface area contributed by atoms with Gasteiger partial charge in [0.2, 0.25) is 11.8 Å². The number of amides is 4. The van der Waals surface area contributed by atoms with Crippen molar-refractivity contribution in [2.45, 2.75) is 174 Å². The van der Waals surface area contributed by atoms with Crippen LogP contribution in [-0.2, 0) is 109 Å². The number of cyclic esters (lactones) is 2. The average molecular weight is 1750 g/mol. The molecule has 8 aromatic rings. The third-order valence-corrected chi connectivity index (χ3v) is 19.8. The van der Waals surface area contributed by atoms with Crippen LogP contribution in [-0.4, -0.2) is 154 Å². The topological polar surface area (TPSA) is 325 Å². The molecule has 2 aliphatic heterocycles. The summed E-state index contributed by atoms with van der Waals surface area (Å²) in [5, 5.41) is 36.2. The van der Waals surface area contributed by atoms with Crippen LogP contribution in [0.2, 0.25) is 0 Å². The maximum Gasteiger partial charge on any atom is 1.00 e. The van der Waals surface area contributed by atoms with Gasteiger partial charge in [0.15, 0.2) is 34.7 Å². The van der Waals surface area contributed by atoms with Crippen molar-refractivity contribution < 1.29 is 128 Å². The minimum Gasteiger partial charge on any atom is -0.677 e. The Bertz CT molecular complexity index is 4420. The predicted molar refractivity (Wildman–Crippen MR) is 471 cm³/mol. The zero-order chi connectivity index (χ0) is 92.8. The van der Waals surface area contributed by atoms with Gasteiger partial charge in [-0.2, -0.15) is 6.42 Å². The molecule has 2 heterocycles. The van der Waals surface area contributed by atoms with E-state index in [0.717, 1.165) is 28.7 Å². The summed E-state index contributed by atoms with van der Waals surface area (Å²) in [6.45, 7) is 35.7. The van der Waals surface area contributed by atoms with Crippen LogP contribution in [0.4, 0.5) is 31.5 Å². The molecular formula is C98H125F5LiN4O18-. The fourth-order valence-electron chi connectivity index (χ4n) is 11.9. The third-order valence-electron chi connectivity index (χ3n) is 19.8. The van der Waals surface area contributed by atoms with E-state index in [1.165, 1.54) is 90.0 Å². The summed E-state index contributed by atoms with van der Waals surface area (Å²) < 4.78 is 90.6. The van der Waals surface area contributed by atoms with Crippen LogP contribution in [0.25, 0.3) is 0 Å². The molecular weight excluding hydrogens is 1620 g/mol. The number of imide groups is 2. The monoisotopic (exact) mass is 1750 g/mol. The van der Waals surface area contributed by atoms with Gasteiger partial charge >= 0.3 is 49.0 Å². The van der Waals surface area contributed by atoms with Gasteiger partial charge in [0.25, 0.3) is 0 Å². The molecule has 0 spiro atoms. The van der Waals surface area contributed by atoms with Crippen LogP contribution in [0.15, 0.2) is 182 Å². The van der Waals surface area contributed by atoms with Crippen molar-refractivity contribution in [1.82, 2.24) is 20.9 Å². The molecule has 0 aliphatic carbocycles. The van der Waals surface area contributed by atoms with E-state index in [4.69, 9.17) is 29.2 Å². The number of Topliss-reactive ketones (excluding diaryl/α,β-unsaturated/α-hetero) is 1. The molecule has 28 heteroatoms. The van der Waals surface area contributed by atoms with Crippen LogP contribution in [0.5, 0.6) is 17.2 Å². The molecule has 2 saturated heterocycles. The van der Waals surface area contributed by atoms with Crippen LogP contribution in [0.3, 0.4) is 0 Å². The van der Waals surface area contributed by atoms with Crippen LogP contribution in [0.1, 0.15) is 153 Å². The minimum absolute atomic E-state index is 0. The van der Waals surface area contributed by atoms with Crippen molar-refractivity contribution in [2.75, 3.05) is 52.7 Å². The average Bonchev–Trinajstić information content (AvgIpc) is 1.64. The van der Waals surface area contributed by atoms with Crippen LogP contribution >= 0.6 is 0 Å². The van der Waals surface area contributed by atoms with Gasteiger partial charge in [-0.25, -0.2) is 41.3 Å². The molecule has 8 aromatic carbocycles. The van der Waals surface area contributed by atoms with Gasteiger partial charge in [-0.1, -0.05) is 228 Å². The Balaban J connectivity index is 0.000000745. The third kappa shape index (κ3) is 41.7. The number of rotatable bonds is 29. The Hall–Kier alpha value is -11.2. The molecule has 2 aliphatic rings. The standard InChI is InChI=1S/2C20H20FNO4.C13H17FO2.C12H15FO3.C11H13FO2.C10H10O2.C6H15N.C6H12O.Li.H3N/c2*1-13(9-15-7-8-18(23)17(21)11-15)19(24)22-16(12-26-20(22)25)10-14-5-3-2-4-6-14;1-4-16-13(15)10(3)7-11-6-5-9(2)12(14)8-11;1-3-16-12(15)8(2)6-9-4-5-11(14)10(13)7-9;1-7-3-4-9(6-10(7)12)5-8(2)11(13)14;11-9-12-8-4-7-10-5-2-1-3-6-10;1-4-7(5-2)6-3;1-5(7)6(2,3)4;;/h2*2-8,11,13,16,23H,9-10,12H2,1H3;5-6,8,10H,4,7H2,1-3H3;4-5,7-8,14H,3,6H2,1-2H3;3-4,6,8H,5H2,1-2H3,(H,13,14);1-6H,7-8H2;4-6H2,1-3H3;1-4H3;;1H3/q;;;;;-2;;;+1;/t13-,16+;13-,16-;;;;;;;;/m01......../s1. The molecule has 3 unspecified atom stereocenters. The Labute approximate surface area is 751 Å². The van der Waals surface area contributed by atoms with Crippen molar-refractivity contribution in [3.8, 4) is 17.2 Å². The molecule has 2 fully saturated rings. The summed E-state index contributed by atoms with van der Waals surface area (Å²) in [4.78, 5) is 108. The fraction of sp³-hybridized carbons (Fsp3) is 0.408. The summed E-state index contributed by atoms with van der Waals surface area (Å²) in [5.41, 5.74) is 7.67. The number of phenolic OH excluding ortho intramolecular Hbond substituents is 3. The first kappa shape index (κ1) is 113. The Morgan fingerprint density at radius 2 is 0.770 bits per heavy atom. The molecule has 0 radical (unpaired) electrons. The van der Waals surface area contributed by atoms with E-state index in [0.29, 0.717) is 79.7 Å². The normalized spacial score (nSPS) is 14.0. The number of halogens is 5. The molecule has 10 rings (SSSR count). The largest absolute Gasteiger partial charge is 1.00 e. The molecule has 126 heavy (non-hydrogen) atoms. The second-order valence-electron chi connectivity index (χ2n) is 30.9. The number of carbonyl (C=O) groups is 8. The first-order valence-corrected chi connectivity index (χ1v) is 41.4. The van der Waals surface area contributed by atoms with Gasteiger partial charge in [0, 0.05) is 17.3 Å². The van der Waals surface area contributed by atoms with Gasteiger partial charge in [0.05, 0.1) is 43.1 Å². The number of phenols is 3. The number of carboxylic acids is 1. The van der Waals surface area contributed by atoms with Crippen molar-refractivity contribution >= 4 is 54.2 Å². The van der Waals surface area contributed by atoms with E-state index in [1.807, 2.05) is 124 Å². The number of benzene rings is 8. The smallest absolute Gasteiger partial charge is 0.677 e. The summed E-state index contributed by atoms with van der Waals surface area (Å²) in [5.74, 6) is -7.79. The molecule has 682 valence electrons. The quantitative estimate of drug-likeness (QED) is 0.00726. The molecule has 0 aromatic heterocycles. The zero-order valence-corrected chi connectivity index (χ0v) is 75.7. The maximum atomic E-state index is 13.5. The van der Waals surface area contributed by atoms with Crippen molar-refractivity contribution in [1.29, 1.82) is 0 Å². The van der Waals surface area contributed by atoms with Gasteiger partial charge in [0.1, 0.15) is 30.6 Å². The number of hydrogen-bond donors (Lipinski definition) is 5. The van der Waals surface area contributed by atoms with Crippen LogP contribution < -0.4 is 25.0 Å². The number of aliphatic carboxylic acids is 1. The SMILES string of the molecule is CC(=O)C(C)(C)C.CCN(CC)CC.CCOC(=O)C(C)Cc1ccc(C)c(F)c1.CCOC(=O)C(C)Cc1ccc(O)c(F)c1.C[C@@H](Cc1ccc(O)c(F)c1)C(=O)N1C(=O)OC[C@H]1Cc1ccccc1.C[C@H](Cc1ccc(O)c(F)c1)C(=O)N1C(=O)OC[C@H]1Cc1ccccc1.Cc1ccc(CC(C)C(=O)O)cc1F.N.O=[C-]OC[CH-]Cc1ccccc1.[Li+]. The van der Waals surface area contributed by atoms with Gasteiger partial charge in [-0.15, -0.1) is 0 Å². The Morgan fingerprint density at radius 3 is 1.04 bits per heavy atom. The van der Waals surface area contributed by atoms with Gasteiger partial charge in [-0.05, 0) is 198 Å². The maximum absolute atomic E-state index is 13.5. The summed E-state index contributed by atoms with van der Waals surface area (Å²) in [7, 11) is 0. The first-order chi connectivity index (χ1) is 58.7. The second-order valence-corrected chi connectivity index (χ2v) is 30.9. The van der Waals surface area contributed by atoms with Crippen LogP contribution in [0, 0.1) is 84.4 Å². The Kier molecular flexibility index (Phi) is 53.4. The van der Waals surface area contributed by atoms with E-state index in [-0.39, 0.29) is 127 Å². The van der Waals surface area contributed by atoms with Crippen molar-refractivity contribution in [3.05, 3.63) is 273 Å². The van der Waals surface area contributed by atoms with E-state index in [1.54, 1.807) is 106 Å². The number of aryl methyl sites for hydroxylation is 2. The summed E-state index contributed by atoms with van der Waals surface area (Å²) in [6, 6.07) is 50.5. The number of esters is 2. The Morgan fingerprint density at radius 1 is 0.476 bits per heavy atom. The number of nitrogens with zero attached hydrogens (tertiary/aromatic N) is 3. The van der Waals surface area contributed by atoms with Crippen molar-refractivity contribution in [3.63, 3.8) is 0 Å². The molecule has 22 nitrogen and oxygen atoms in total. The molecule has 7 N–H and O–H groups in total. The number of aromatic hydroxyl groups is 3. The van der Waals surface area contributed by atoms with Gasteiger partial charge in [-0.3, -0.25) is 35.2 Å². The summed E-state index contributed by atoms with van der Waals surface area (Å²) >= 11 is 0. The molecule has 0 bridgehead atoms. The number of ether oxygens (including phenoxy) is 5. The zero-order valence-electron chi connectivity index (χ0n) is 75.7. The minimum atomic E-state index is -0.856. The first-order valence-electron chi connectivity index (χ1n) is 41.4. The number of carboxylic acid groups (broad SMARTS) is 1. The fourth-order valence-corrected chi connectivity index (χ4v) is 11.9.